The van der Waals surface area contributed by atoms with Gasteiger partial charge in [-0.2, -0.15) is 0 Å². The quantitative estimate of drug-likeness (QED) is 0.0936. The molecule has 0 aliphatic carbocycles. The molecule has 0 bridgehead atoms. The van der Waals surface area contributed by atoms with Gasteiger partial charge in [0.2, 0.25) is 0 Å². The van der Waals surface area contributed by atoms with Gasteiger partial charge in [-0.15, -0.1) is 0 Å². The zero-order chi connectivity index (χ0) is 35.3. The molecular weight excluding hydrogens is 669 g/mol. The van der Waals surface area contributed by atoms with Crippen molar-refractivity contribution in [1.82, 2.24) is 4.98 Å². The van der Waals surface area contributed by atoms with E-state index in [1.807, 2.05) is 84.9 Å². The predicted octanol–water partition coefficient (Wildman–Crippen LogP) is 8.30. The van der Waals surface area contributed by atoms with Crippen molar-refractivity contribution in [3.63, 3.8) is 0 Å². The molecule has 7 nitrogen and oxygen atoms in total. The number of methoxy groups -OCH3 is 4. The van der Waals surface area contributed by atoms with Crippen LogP contribution in [-0.4, -0.2) is 46.0 Å². The number of rotatable bonds is 12. The van der Waals surface area contributed by atoms with Gasteiger partial charge in [0, 0.05) is 0 Å². The molecule has 5 aromatic carbocycles. The van der Waals surface area contributed by atoms with E-state index in [2.05, 4.69) is 36.4 Å². The van der Waals surface area contributed by atoms with Crippen molar-refractivity contribution in [2.45, 2.75) is 13.1 Å². The number of nitrogens with zero attached hydrogens (tertiary/aromatic N) is 1. The van der Waals surface area contributed by atoms with Gasteiger partial charge in [-0.05, 0) is 0 Å². The van der Waals surface area contributed by atoms with E-state index in [0.29, 0.717) is 56.3 Å². The van der Waals surface area contributed by atoms with E-state index < -0.39 is 11.9 Å². The standard InChI is InChI=1S/C41H39ClNO6P/c1-6-49-41(44)40-34(27-50(42,29-16-10-7-11-17-29,30-18-12-8-13-19-30)31-20-14-9-15-21-31)43-33-26-38(48-5)37(47-4)25-32(33)39(40)28-22-23-35(45-2)36(24-28)46-3/h7-26H,6,27H2,1-5H3. The number of hydrogen-bond acceptors (Lipinski definition) is 7. The molecule has 0 saturated heterocycles. The number of carbonyl (C=O) groups excluding carboxylic acids is 1. The molecular formula is C41H39ClNO6P. The van der Waals surface area contributed by atoms with Gasteiger partial charge < -0.3 is 0 Å². The summed E-state index contributed by atoms with van der Waals surface area (Å²) in [6.07, 6.45) is 0.198. The first-order chi connectivity index (χ1) is 24.3. The van der Waals surface area contributed by atoms with Gasteiger partial charge in [0.1, 0.15) is 0 Å². The molecule has 256 valence electrons. The summed E-state index contributed by atoms with van der Waals surface area (Å²) in [5.41, 5.74) is 2.67. The van der Waals surface area contributed by atoms with E-state index in [1.165, 1.54) is 0 Å². The molecule has 0 saturated carbocycles. The molecule has 0 radical (unpaired) electrons. The van der Waals surface area contributed by atoms with Gasteiger partial charge >= 0.3 is 298 Å². The Morgan fingerprint density at radius 2 is 1.12 bits per heavy atom. The second-order valence-electron chi connectivity index (χ2n) is 11.7. The third-order valence-electron chi connectivity index (χ3n) is 9.05. The first kappa shape index (κ1) is 34.8. The van der Waals surface area contributed by atoms with Crippen molar-refractivity contribution in [2.75, 3.05) is 35.0 Å². The molecule has 6 aromatic rings. The second kappa shape index (κ2) is 14.4. The van der Waals surface area contributed by atoms with Crippen molar-refractivity contribution in [3.8, 4) is 34.1 Å². The second-order valence-corrected chi connectivity index (χ2v) is 18.1. The van der Waals surface area contributed by atoms with Crippen LogP contribution >= 0.6 is 17.2 Å². The zero-order valence-electron chi connectivity index (χ0n) is 28.7. The third-order valence-corrected chi connectivity index (χ3v) is 16.2. The van der Waals surface area contributed by atoms with Crippen LogP contribution in [0.5, 0.6) is 23.0 Å². The Bertz CT molecular complexity index is 2050. The average Bonchev–Trinajstić information content (AvgIpc) is 3.17. The molecule has 0 atom stereocenters. The van der Waals surface area contributed by atoms with Gasteiger partial charge in [0.25, 0.3) is 0 Å². The van der Waals surface area contributed by atoms with E-state index in [9.17, 15) is 4.79 Å². The Kier molecular flexibility index (Phi) is 10.0. The molecule has 0 spiro atoms. The summed E-state index contributed by atoms with van der Waals surface area (Å²) >= 11 is 8.56. The third kappa shape index (κ3) is 5.91. The van der Waals surface area contributed by atoms with Crippen LogP contribution in [0.25, 0.3) is 22.0 Å². The van der Waals surface area contributed by atoms with E-state index >= 15 is 0 Å². The number of aromatic nitrogens is 1. The fraction of sp³-hybridized carbons (Fsp3) is 0.171. The van der Waals surface area contributed by atoms with Crippen LogP contribution in [-0.2, 0) is 10.9 Å². The van der Waals surface area contributed by atoms with Gasteiger partial charge in [-0.1, -0.05) is 0 Å². The number of hydrogen-bond donors (Lipinski definition) is 0. The molecule has 0 amide bonds. The number of halogens is 1. The number of pyridine rings is 1. The summed E-state index contributed by atoms with van der Waals surface area (Å²) in [6, 6.07) is 39.6. The molecule has 0 N–H and O–H groups in total. The van der Waals surface area contributed by atoms with Gasteiger partial charge in [-0.25, -0.2) is 0 Å². The van der Waals surface area contributed by atoms with Crippen LogP contribution in [0.15, 0.2) is 121 Å². The van der Waals surface area contributed by atoms with Gasteiger partial charge in [-0.3, -0.25) is 0 Å². The molecule has 0 aliphatic rings. The summed E-state index contributed by atoms with van der Waals surface area (Å²) in [4.78, 5) is 19.7. The molecule has 1 heterocycles. The maximum absolute atomic E-state index is 14.5. The normalized spacial score (nSPS) is 12.1. The monoisotopic (exact) mass is 707 g/mol. The fourth-order valence-corrected chi connectivity index (χ4v) is 12.7. The maximum atomic E-state index is 14.5. The number of carbonyl (C=O) groups is 1. The molecule has 1 aromatic heterocycles. The van der Waals surface area contributed by atoms with Crippen LogP contribution in [0.1, 0.15) is 23.0 Å². The van der Waals surface area contributed by atoms with Crippen molar-refractivity contribution >= 4 is 50.0 Å². The van der Waals surface area contributed by atoms with Gasteiger partial charge in [0.05, 0.1) is 0 Å². The number of esters is 1. The number of ether oxygens (including phenoxy) is 5. The molecule has 0 fully saturated rings. The average molecular weight is 708 g/mol. The summed E-state index contributed by atoms with van der Waals surface area (Å²) in [6.45, 7) is 1.95. The Morgan fingerprint density at radius 3 is 1.60 bits per heavy atom. The summed E-state index contributed by atoms with van der Waals surface area (Å²) < 4.78 is 28.6. The number of benzene rings is 5. The molecule has 0 aliphatic heterocycles. The van der Waals surface area contributed by atoms with Crippen molar-refractivity contribution in [2.24, 2.45) is 0 Å². The van der Waals surface area contributed by atoms with Crippen LogP contribution in [0.3, 0.4) is 0 Å². The van der Waals surface area contributed by atoms with Crippen LogP contribution in [0, 0.1) is 0 Å². The SMILES string of the molecule is CCOC(=O)c1c(CP(Cl)(c2ccccc2)(c2ccccc2)c2ccccc2)nc2cc(OC)c(OC)cc2c1-c1ccc(OC)c(OC)c1. The van der Waals surface area contributed by atoms with Crippen molar-refractivity contribution in [3.05, 3.63) is 133 Å². The summed E-state index contributed by atoms with van der Waals surface area (Å²) in [7, 11) is 6.32. The first-order valence-electron chi connectivity index (χ1n) is 16.2. The Labute approximate surface area is 297 Å². The van der Waals surface area contributed by atoms with E-state index in [4.69, 9.17) is 39.9 Å². The number of fused-ring (bicyclic) bond motifs is 1. The topological polar surface area (TPSA) is 76.1 Å². The molecule has 50 heavy (non-hydrogen) atoms. The summed E-state index contributed by atoms with van der Waals surface area (Å²) in [5.74, 6) is -2.47. The molecule has 0 unspecified atom stereocenters. The minimum absolute atomic E-state index is 0.161. The van der Waals surface area contributed by atoms with E-state index in [-0.39, 0.29) is 12.8 Å². The van der Waals surface area contributed by atoms with E-state index in [0.717, 1.165) is 15.9 Å². The zero-order valence-corrected chi connectivity index (χ0v) is 30.3. The van der Waals surface area contributed by atoms with Crippen LogP contribution in [0.2, 0.25) is 0 Å². The van der Waals surface area contributed by atoms with Crippen LogP contribution < -0.4 is 34.9 Å². The Hall–Kier alpha value is -5.10. The van der Waals surface area contributed by atoms with E-state index in [1.54, 1.807) is 35.4 Å². The molecule has 9 heteroatoms. The Balaban J connectivity index is 1.81. The van der Waals surface area contributed by atoms with Crippen LogP contribution in [0.4, 0.5) is 0 Å². The first-order valence-corrected chi connectivity index (χ1v) is 19.5. The summed E-state index contributed by atoms with van der Waals surface area (Å²) in [5, 5.41) is 3.48. The Morgan fingerprint density at radius 1 is 0.640 bits per heavy atom. The van der Waals surface area contributed by atoms with Crippen molar-refractivity contribution < 1.29 is 28.5 Å². The fourth-order valence-electron chi connectivity index (χ4n) is 6.69. The minimum atomic E-state index is -3.98. The molecule has 6 rings (SSSR count). The van der Waals surface area contributed by atoms with Gasteiger partial charge in [0.15, 0.2) is 0 Å². The van der Waals surface area contributed by atoms with Crippen molar-refractivity contribution in [1.29, 1.82) is 0 Å². The predicted molar refractivity (Wildman–Crippen MR) is 204 cm³/mol.